The number of hydrogen-bond acceptors (Lipinski definition) is 4. The minimum atomic E-state index is -3.20. The fourth-order valence-corrected chi connectivity index (χ4v) is 9.14. The van der Waals surface area contributed by atoms with Crippen molar-refractivity contribution in [2.24, 2.45) is 34.5 Å². The minimum absolute atomic E-state index is 0.177. The number of fused-ring (bicyclic) bond motifs is 5. The van der Waals surface area contributed by atoms with Crippen molar-refractivity contribution < 1.29 is 17.9 Å². The van der Waals surface area contributed by atoms with Crippen molar-refractivity contribution in [1.82, 2.24) is 4.90 Å². The van der Waals surface area contributed by atoms with Gasteiger partial charge in [-0.15, -0.1) is 0 Å². The van der Waals surface area contributed by atoms with Crippen molar-refractivity contribution in [3.05, 3.63) is 24.3 Å². The maximum atomic E-state index is 12.5. The number of carbonyl (C=O) groups excluding carboxylic acids is 1. The Kier molecular flexibility index (Phi) is 5.43. The van der Waals surface area contributed by atoms with Gasteiger partial charge in [0.15, 0.2) is 9.84 Å². The summed E-state index contributed by atoms with van der Waals surface area (Å²) in [6.45, 7) is 7.37. The molecule has 1 heterocycles. The van der Waals surface area contributed by atoms with Gasteiger partial charge in [-0.2, -0.15) is 0 Å². The largest absolute Gasteiger partial charge is 0.490 e. The van der Waals surface area contributed by atoms with Crippen LogP contribution in [0.3, 0.4) is 0 Å². The molecule has 5 nitrogen and oxygen atoms in total. The van der Waals surface area contributed by atoms with Crippen LogP contribution in [0.4, 0.5) is 0 Å². The number of carbonyl (C=O) groups is 1. The fourth-order valence-electron chi connectivity index (χ4n) is 8.50. The van der Waals surface area contributed by atoms with Gasteiger partial charge >= 0.3 is 0 Å². The van der Waals surface area contributed by atoms with Crippen LogP contribution >= 0.6 is 0 Å². The molecule has 4 aliphatic rings. The number of hydrogen-bond donors (Lipinski definition) is 0. The molecular formula is C27H39NO4S. The van der Waals surface area contributed by atoms with Gasteiger partial charge in [0, 0.05) is 25.8 Å². The van der Waals surface area contributed by atoms with Gasteiger partial charge in [0.25, 0.3) is 0 Å². The molecule has 0 spiro atoms. The highest BCUT2D eigenvalue weighted by Crippen LogP contribution is 2.66. The van der Waals surface area contributed by atoms with Crippen molar-refractivity contribution >= 4 is 15.7 Å². The highest BCUT2D eigenvalue weighted by atomic mass is 32.2. The molecule has 1 aliphatic heterocycles. The van der Waals surface area contributed by atoms with Gasteiger partial charge in [-0.1, -0.05) is 20.8 Å². The summed E-state index contributed by atoms with van der Waals surface area (Å²) in [5, 5.41) is 0. The van der Waals surface area contributed by atoms with Crippen molar-refractivity contribution in [3.8, 4) is 5.75 Å². The quantitative estimate of drug-likeness (QED) is 0.623. The summed E-state index contributed by atoms with van der Waals surface area (Å²) in [7, 11) is -1.17. The van der Waals surface area contributed by atoms with Gasteiger partial charge in [-0.05, 0) is 97.3 Å². The second-order valence-electron chi connectivity index (χ2n) is 12.1. The highest BCUT2D eigenvalue weighted by molar-refractivity contribution is 7.90. The van der Waals surface area contributed by atoms with Gasteiger partial charge in [0.05, 0.1) is 11.0 Å². The second kappa shape index (κ2) is 7.73. The third-order valence-electron chi connectivity index (χ3n) is 10.2. The molecule has 1 saturated heterocycles. The third kappa shape index (κ3) is 3.71. The van der Waals surface area contributed by atoms with Crippen LogP contribution in [0.5, 0.6) is 5.75 Å². The molecule has 0 bridgehead atoms. The number of sulfone groups is 1. The van der Waals surface area contributed by atoms with E-state index in [2.05, 4.69) is 25.7 Å². The zero-order chi connectivity index (χ0) is 23.8. The lowest BCUT2D eigenvalue weighted by atomic mass is 9.45. The summed E-state index contributed by atoms with van der Waals surface area (Å²) in [5.41, 5.74) is 0.522. The van der Waals surface area contributed by atoms with Gasteiger partial charge in [0.1, 0.15) is 5.75 Å². The molecule has 33 heavy (non-hydrogen) atoms. The summed E-state index contributed by atoms with van der Waals surface area (Å²) in [5.74, 6) is 3.70. The van der Waals surface area contributed by atoms with Crippen LogP contribution in [0.25, 0.3) is 0 Å². The summed E-state index contributed by atoms with van der Waals surface area (Å²) in [6, 6.07) is 7.27. The van der Waals surface area contributed by atoms with Crippen LogP contribution in [-0.2, 0) is 14.6 Å². The number of rotatable bonds is 3. The van der Waals surface area contributed by atoms with E-state index in [0.717, 1.165) is 31.4 Å². The normalized spacial score (nSPS) is 42.9. The SMILES string of the molecule is CC1CC2N(C)C(=O)CC[C@]2(C)[C@@H]2CC[C@]3(C)CC(Oc4ccc(S(C)(=O)=O)cc4)C[C@H]3[C@H]12. The van der Waals surface area contributed by atoms with E-state index in [9.17, 15) is 13.2 Å². The summed E-state index contributed by atoms with van der Waals surface area (Å²) >= 11 is 0. The average Bonchev–Trinajstić information content (AvgIpc) is 3.08. The highest BCUT2D eigenvalue weighted by Gasteiger charge is 2.62. The van der Waals surface area contributed by atoms with E-state index in [0.29, 0.717) is 52.4 Å². The molecule has 1 amide bonds. The minimum Gasteiger partial charge on any atom is -0.490 e. The Hall–Kier alpha value is -1.56. The van der Waals surface area contributed by atoms with Crippen molar-refractivity contribution in [2.45, 2.75) is 82.8 Å². The van der Waals surface area contributed by atoms with Crippen molar-refractivity contribution in [1.29, 1.82) is 0 Å². The average molecular weight is 474 g/mol. The number of amides is 1. The predicted molar refractivity (Wildman–Crippen MR) is 129 cm³/mol. The van der Waals surface area contributed by atoms with E-state index in [1.165, 1.54) is 19.1 Å². The molecule has 3 saturated carbocycles. The zero-order valence-corrected chi connectivity index (χ0v) is 21.5. The lowest BCUT2D eigenvalue weighted by Gasteiger charge is -2.63. The topological polar surface area (TPSA) is 63.7 Å². The lowest BCUT2D eigenvalue weighted by molar-refractivity contribution is -0.164. The van der Waals surface area contributed by atoms with Crippen LogP contribution in [0.15, 0.2) is 29.2 Å². The van der Waals surface area contributed by atoms with E-state index in [-0.39, 0.29) is 11.5 Å². The van der Waals surface area contributed by atoms with Gasteiger partial charge < -0.3 is 9.64 Å². The first-order valence-corrected chi connectivity index (χ1v) is 14.5. The molecule has 1 aromatic carbocycles. The molecule has 3 unspecified atom stereocenters. The monoisotopic (exact) mass is 473 g/mol. The third-order valence-corrected chi connectivity index (χ3v) is 11.3. The van der Waals surface area contributed by atoms with Crippen molar-refractivity contribution in [3.63, 3.8) is 0 Å². The second-order valence-corrected chi connectivity index (χ2v) is 14.2. The van der Waals surface area contributed by atoms with E-state index in [4.69, 9.17) is 4.74 Å². The first-order valence-electron chi connectivity index (χ1n) is 12.6. The number of likely N-dealkylation sites (tertiary alicyclic amines) is 1. The van der Waals surface area contributed by atoms with Gasteiger partial charge in [0.2, 0.25) is 5.91 Å². The Morgan fingerprint density at radius 2 is 1.76 bits per heavy atom. The van der Waals surface area contributed by atoms with E-state index < -0.39 is 9.84 Å². The van der Waals surface area contributed by atoms with Gasteiger partial charge in [-0.25, -0.2) is 8.42 Å². The Labute approximate surface area is 199 Å². The van der Waals surface area contributed by atoms with Crippen molar-refractivity contribution in [2.75, 3.05) is 13.3 Å². The number of ether oxygens (including phenoxy) is 1. The Bertz CT molecular complexity index is 1040. The first kappa shape index (κ1) is 23.2. The van der Waals surface area contributed by atoms with Crippen LogP contribution in [-0.4, -0.2) is 44.7 Å². The van der Waals surface area contributed by atoms with Crippen LogP contribution in [0.1, 0.15) is 65.7 Å². The number of benzene rings is 1. The Morgan fingerprint density at radius 3 is 2.42 bits per heavy atom. The molecule has 0 aromatic heterocycles. The molecule has 3 aliphatic carbocycles. The van der Waals surface area contributed by atoms with E-state index in [1.54, 1.807) is 24.3 Å². The summed E-state index contributed by atoms with van der Waals surface area (Å²) in [6.07, 6.45) is 8.89. The summed E-state index contributed by atoms with van der Waals surface area (Å²) in [4.78, 5) is 14.9. The van der Waals surface area contributed by atoms with Gasteiger partial charge in [-0.3, -0.25) is 4.79 Å². The lowest BCUT2D eigenvalue weighted by Crippen LogP contribution is -2.62. The number of piperidine rings is 1. The Balaban J connectivity index is 1.36. The molecule has 6 heteroatoms. The smallest absolute Gasteiger partial charge is 0.222 e. The maximum Gasteiger partial charge on any atom is 0.222 e. The first-order chi connectivity index (χ1) is 15.4. The number of nitrogens with zero attached hydrogens (tertiary/aromatic N) is 1. The molecule has 182 valence electrons. The van der Waals surface area contributed by atoms with Crippen LogP contribution in [0, 0.1) is 34.5 Å². The van der Waals surface area contributed by atoms with Crippen LogP contribution < -0.4 is 4.74 Å². The molecule has 1 aromatic rings. The standard InChI is InChI=1S/C27H39NO4S/c1-17-14-23-27(3,13-11-24(29)28(23)4)21-10-12-26(2)16-19(15-22(26)25(17)21)32-18-6-8-20(9-7-18)33(5,30)31/h6-9,17,19,21-23,25H,10-16H2,1-5H3/t17?,19?,21-,22+,23?,25-,26-,27-/m1/s1. The van der Waals surface area contributed by atoms with Crippen LogP contribution in [0.2, 0.25) is 0 Å². The van der Waals surface area contributed by atoms with E-state index >= 15 is 0 Å². The molecule has 0 N–H and O–H groups in total. The maximum absolute atomic E-state index is 12.5. The Morgan fingerprint density at radius 1 is 1.06 bits per heavy atom. The summed E-state index contributed by atoms with van der Waals surface area (Å²) < 4.78 is 30.0. The molecule has 0 radical (unpaired) electrons. The predicted octanol–water partition coefficient (Wildman–Crippen LogP) is 4.95. The molecule has 8 atom stereocenters. The molecule has 5 rings (SSSR count). The van der Waals surface area contributed by atoms with E-state index in [1.807, 2.05) is 7.05 Å². The zero-order valence-electron chi connectivity index (χ0n) is 20.7. The fraction of sp³-hybridized carbons (Fsp3) is 0.741. The molecule has 4 fully saturated rings. The molecular weight excluding hydrogens is 434 g/mol.